The van der Waals surface area contributed by atoms with Gasteiger partial charge in [-0.15, -0.1) is 0 Å². The van der Waals surface area contributed by atoms with Crippen molar-refractivity contribution in [3.8, 4) is 11.4 Å². The topological polar surface area (TPSA) is 51.0 Å². The minimum absolute atomic E-state index is 0.0558. The van der Waals surface area contributed by atoms with Gasteiger partial charge < -0.3 is 9.84 Å². The summed E-state index contributed by atoms with van der Waals surface area (Å²) < 4.78 is 31.2. The van der Waals surface area contributed by atoms with Gasteiger partial charge in [0.25, 0.3) is 0 Å². The smallest absolute Gasteiger partial charge is 0.244 e. The van der Waals surface area contributed by atoms with E-state index in [-0.39, 0.29) is 11.9 Å². The zero-order chi connectivity index (χ0) is 13.2. The molecule has 1 saturated heterocycles. The number of nitrogens with zero attached hydrogens (tertiary/aromatic N) is 2. The molecule has 1 aliphatic heterocycles. The molecule has 4 nitrogen and oxygen atoms in total. The zero-order valence-electron chi connectivity index (χ0n) is 10.2. The summed E-state index contributed by atoms with van der Waals surface area (Å²) in [4.78, 5) is 4.25. The van der Waals surface area contributed by atoms with Crippen molar-refractivity contribution in [1.82, 2.24) is 15.5 Å². The van der Waals surface area contributed by atoms with E-state index < -0.39 is 11.6 Å². The molecule has 0 spiro atoms. The zero-order valence-corrected chi connectivity index (χ0v) is 10.2. The molecule has 0 radical (unpaired) electrons. The van der Waals surface area contributed by atoms with Crippen LogP contribution in [0.2, 0.25) is 0 Å². The first-order chi connectivity index (χ1) is 9.24. The van der Waals surface area contributed by atoms with Crippen LogP contribution in [0.3, 0.4) is 0 Å². The Morgan fingerprint density at radius 3 is 2.84 bits per heavy atom. The Morgan fingerprint density at radius 2 is 2.11 bits per heavy atom. The lowest BCUT2D eigenvalue weighted by Crippen LogP contribution is -2.26. The molecule has 1 N–H and O–H groups in total. The van der Waals surface area contributed by atoms with Crippen LogP contribution in [0, 0.1) is 11.6 Å². The van der Waals surface area contributed by atoms with Crippen LogP contribution in [0.25, 0.3) is 11.4 Å². The lowest BCUT2D eigenvalue weighted by molar-refractivity contribution is 0.297. The summed E-state index contributed by atoms with van der Waals surface area (Å²) in [5, 5.41) is 7.11. The van der Waals surface area contributed by atoms with E-state index in [2.05, 4.69) is 15.5 Å². The molecule has 0 unspecified atom stereocenters. The third-order valence-electron chi connectivity index (χ3n) is 3.23. The molecule has 1 atom stereocenters. The molecule has 1 aromatic carbocycles. The molecule has 0 aliphatic carbocycles. The first-order valence-electron chi connectivity index (χ1n) is 6.26. The third-order valence-corrected chi connectivity index (χ3v) is 3.23. The van der Waals surface area contributed by atoms with Crippen LogP contribution >= 0.6 is 0 Å². The molecular formula is C13H13F2N3O. The van der Waals surface area contributed by atoms with Gasteiger partial charge in [0, 0.05) is 5.56 Å². The predicted molar refractivity (Wildman–Crippen MR) is 64.2 cm³/mol. The highest BCUT2D eigenvalue weighted by Crippen LogP contribution is 2.24. The normalized spacial score (nSPS) is 19.6. The SMILES string of the molecule is Fc1ccc(-c2noc([C@@H]3CCCCN3)n2)cc1F. The molecule has 6 heteroatoms. The molecule has 100 valence electrons. The van der Waals surface area contributed by atoms with Crippen molar-refractivity contribution in [2.45, 2.75) is 25.3 Å². The first kappa shape index (κ1) is 12.2. The van der Waals surface area contributed by atoms with E-state index in [1.807, 2.05) is 0 Å². The lowest BCUT2D eigenvalue weighted by Gasteiger charge is -2.19. The van der Waals surface area contributed by atoms with Crippen molar-refractivity contribution >= 4 is 0 Å². The van der Waals surface area contributed by atoms with Crippen molar-refractivity contribution in [2.24, 2.45) is 0 Å². The molecule has 1 fully saturated rings. The summed E-state index contributed by atoms with van der Waals surface area (Å²) >= 11 is 0. The van der Waals surface area contributed by atoms with Crippen molar-refractivity contribution < 1.29 is 13.3 Å². The van der Waals surface area contributed by atoms with E-state index in [0.29, 0.717) is 11.5 Å². The van der Waals surface area contributed by atoms with E-state index in [9.17, 15) is 8.78 Å². The van der Waals surface area contributed by atoms with Crippen molar-refractivity contribution in [2.75, 3.05) is 6.54 Å². The number of hydrogen-bond acceptors (Lipinski definition) is 4. The Morgan fingerprint density at radius 1 is 1.21 bits per heavy atom. The van der Waals surface area contributed by atoms with Gasteiger partial charge in [0.1, 0.15) is 0 Å². The summed E-state index contributed by atoms with van der Waals surface area (Å²) in [6.45, 7) is 0.924. The average Bonchev–Trinajstić information content (AvgIpc) is 2.93. The number of halogens is 2. The number of hydrogen-bond donors (Lipinski definition) is 1. The van der Waals surface area contributed by atoms with E-state index in [1.165, 1.54) is 6.07 Å². The number of rotatable bonds is 2. The summed E-state index contributed by atoms with van der Waals surface area (Å²) in [5.41, 5.74) is 0.407. The number of aromatic nitrogens is 2. The standard InChI is InChI=1S/C13H13F2N3O/c14-9-5-4-8(7-10(9)15)12-17-13(19-18-12)11-3-1-2-6-16-11/h4-5,7,11,16H,1-3,6H2/t11-/m0/s1. The maximum absolute atomic E-state index is 13.2. The monoisotopic (exact) mass is 265 g/mol. The molecule has 0 saturated carbocycles. The second kappa shape index (κ2) is 5.05. The largest absolute Gasteiger partial charge is 0.337 e. The van der Waals surface area contributed by atoms with Gasteiger partial charge in [-0.25, -0.2) is 8.78 Å². The molecule has 3 rings (SSSR count). The van der Waals surface area contributed by atoms with Gasteiger partial charge in [0.15, 0.2) is 11.6 Å². The Hall–Kier alpha value is -1.82. The maximum Gasteiger partial charge on any atom is 0.244 e. The second-order valence-electron chi connectivity index (χ2n) is 4.59. The second-order valence-corrected chi connectivity index (χ2v) is 4.59. The van der Waals surface area contributed by atoms with E-state index >= 15 is 0 Å². The maximum atomic E-state index is 13.2. The van der Waals surface area contributed by atoms with Gasteiger partial charge >= 0.3 is 0 Å². The Balaban J connectivity index is 1.85. The Kier molecular flexibility index (Phi) is 3.25. The van der Waals surface area contributed by atoms with Gasteiger partial charge in [-0.1, -0.05) is 11.6 Å². The summed E-state index contributed by atoms with van der Waals surface area (Å²) in [7, 11) is 0. The van der Waals surface area contributed by atoms with E-state index in [1.54, 1.807) is 0 Å². The predicted octanol–water partition coefficient (Wildman–Crippen LogP) is 2.83. The van der Waals surface area contributed by atoms with Gasteiger partial charge in [-0.05, 0) is 37.6 Å². The molecule has 1 aromatic heterocycles. The minimum Gasteiger partial charge on any atom is -0.337 e. The third kappa shape index (κ3) is 2.49. The van der Waals surface area contributed by atoms with Crippen LogP contribution in [-0.2, 0) is 0 Å². The van der Waals surface area contributed by atoms with Gasteiger partial charge in [0.05, 0.1) is 6.04 Å². The average molecular weight is 265 g/mol. The highest BCUT2D eigenvalue weighted by Gasteiger charge is 2.21. The van der Waals surface area contributed by atoms with Gasteiger partial charge in [-0.3, -0.25) is 0 Å². The molecule has 2 aromatic rings. The highest BCUT2D eigenvalue weighted by atomic mass is 19.2. The van der Waals surface area contributed by atoms with Crippen LogP contribution in [0.15, 0.2) is 22.7 Å². The Bertz CT molecular complexity index is 579. The van der Waals surface area contributed by atoms with Crippen LogP contribution in [-0.4, -0.2) is 16.7 Å². The van der Waals surface area contributed by atoms with Gasteiger partial charge in [0.2, 0.25) is 11.7 Å². The van der Waals surface area contributed by atoms with Gasteiger partial charge in [-0.2, -0.15) is 4.98 Å². The van der Waals surface area contributed by atoms with Crippen LogP contribution in [0.5, 0.6) is 0 Å². The highest BCUT2D eigenvalue weighted by molar-refractivity contribution is 5.54. The minimum atomic E-state index is -0.917. The number of nitrogens with one attached hydrogen (secondary N) is 1. The molecule has 19 heavy (non-hydrogen) atoms. The summed E-state index contributed by atoms with van der Waals surface area (Å²) in [5.74, 6) is -1.03. The van der Waals surface area contributed by atoms with Crippen LogP contribution < -0.4 is 5.32 Å². The number of piperidine rings is 1. The fourth-order valence-corrected chi connectivity index (χ4v) is 2.19. The first-order valence-corrected chi connectivity index (χ1v) is 6.26. The molecule has 0 bridgehead atoms. The fraction of sp³-hybridized carbons (Fsp3) is 0.385. The van der Waals surface area contributed by atoms with Crippen LogP contribution in [0.1, 0.15) is 31.2 Å². The van der Waals surface area contributed by atoms with Crippen molar-refractivity contribution in [1.29, 1.82) is 0 Å². The fourth-order valence-electron chi connectivity index (χ4n) is 2.19. The molecule has 2 heterocycles. The molecule has 0 amide bonds. The lowest BCUT2D eigenvalue weighted by atomic mass is 10.1. The van der Waals surface area contributed by atoms with E-state index in [4.69, 9.17) is 4.52 Å². The van der Waals surface area contributed by atoms with E-state index in [0.717, 1.165) is 37.9 Å². The number of benzene rings is 1. The summed E-state index contributed by atoms with van der Waals surface area (Å²) in [6.07, 6.45) is 3.20. The quantitative estimate of drug-likeness (QED) is 0.907. The summed E-state index contributed by atoms with van der Waals surface area (Å²) in [6, 6.07) is 3.61. The van der Waals surface area contributed by atoms with Crippen LogP contribution in [0.4, 0.5) is 8.78 Å². The molecule has 1 aliphatic rings. The van der Waals surface area contributed by atoms with Crippen molar-refractivity contribution in [3.63, 3.8) is 0 Å². The Labute approximate surface area is 108 Å². The van der Waals surface area contributed by atoms with Crippen molar-refractivity contribution in [3.05, 3.63) is 35.7 Å². The molecular weight excluding hydrogens is 252 g/mol.